The first kappa shape index (κ1) is 15.8. The maximum absolute atomic E-state index is 11.6. The van der Waals surface area contributed by atoms with Gasteiger partial charge in [-0.15, -0.1) is 0 Å². The Balaban J connectivity index is 2.78. The molecule has 0 saturated heterocycles. The third-order valence-electron chi connectivity index (χ3n) is 2.19. The Labute approximate surface area is 117 Å². The number of nitrogens with one attached hydrogen (secondary N) is 1. The summed E-state index contributed by atoms with van der Waals surface area (Å²) < 4.78 is 5.10. The summed E-state index contributed by atoms with van der Waals surface area (Å²) in [5.41, 5.74) is 0.260. The molecule has 106 valence electrons. The topological polar surface area (TPSA) is 78.8 Å². The van der Waals surface area contributed by atoms with Gasteiger partial charge < -0.3 is 14.9 Å². The van der Waals surface area contributed by atoms with Crippen molar-refractivity contribution in [2.75, 3.05) is 11.9 Å². The summed E-state index contributed by atoms with van der Waals surface area (Å²) in [7, 11) is 0. The normalized spacial score (nSPS) is 12.9. The van der Waals surface area contributed by atoms with Crippen molar-refractivity contribution in [3.63, 3.8) is 0 Å². The van der Waals surface area contributed by atoms with Crippen molar-refractivity contribution in [1.82, 2.24) is 0 Å². The van der Waals surface area contributed by atoms with Gasteiger partial charge in [0.2, 0.25) is 0 Å². The van der Waals surface area contributed by atoms with Gasteiger partial charge in [-0.1, -0.05) is 17.7 Å². The zero-order valence-corrected chi connectivity index (χ0v) is 11.9. The molecule has 3 N–H and O–H groups in total. The monoisotopic (exact) mass is 287 g/mol. The number of aliphatic hydroxyl groups is 2. The molecular weight excluding hydrogens is 270 g/mol. The van der Waals surface area contributed by atoms with Crippen LogP contribution in [0.4, 0.5) is 10.5 Å². The van der Waals surface area contributed by atoms with Crippen LogP contribution in [0.3, 0.4) is 0 Å². The molecule has 1 aromatic carbocycles. The molecule has 0 saturated carbocycles. The number of rotatable bonds is 3. The molecular formula is C13H18ClNO4. The van der Waals surface area contributed by atoms with E-state index in [0.29, 0.717) is 11.3 Å². The van der Waals surface area contributed by atoms with Crippen LogP contribution >= 0.6 is 11.6 Å². The number of hydrogen-bond acceptors (Lipinski definition) is 4. The summed E-state index contributed by atoms with van der Waals surface area (Å²) in [6, 6.07) is 4.59. The van der Waals surface area contributed by atoms with Gasteiger partial charge in [0.1, 0.15) is 11.7 Å². The van der Waals surface area contributed by atoms with E-state index in [1.54, 1.807) is 32.9 Å². The van der Waals surface area contributed by atoms with E-state index in [4.69, 9.17) is 21.4 Å². The van der Waals surface area contributed by atoms with Crippen molar-refractivity contribution in [1.29, 1.82) is 0 Å². The maximum Gasteiger partial charge on any atom is 0.412 e. The zero-order chi connectivity index (χ0) is 14.6. The van der Waals surface area contributed by atoms with E-state index in [-0.39, 0.29) is 5.02 Å². The predicted molar refractivity (Wildman–Crippen MR) is 73.4 cm³/mol. The van der Waals surface area contributed by atoms with Crippen LogP contribution in [-0.4, -0.2) is 28.5 Å². The molecule has 0 aliphatic heterocycles. The molecule has 0 spiro atoms. The van der Waals surface area contributed by atoms with Crippen LogP contribution in [0.5, 0.6) is 0 Å². The fourth-order valence-electron chi connectivity index (χ4n) is 1.36. The Morgan fingerprint density at radius 3 is 2.58 bits per heavy atom. The summed E-state index contributed by atoms with van der Waals surface area (Å²) in [4.78, 5) is 11.6. The molecule has 5 nitrogen and oxygen atoms in total. The quantitative estimate of drug-likeness (QED) is 0.799. The van der Waals surface area contributed by atoms with Crippen LogP contribution in [-0.2, 0) is 4.74 Å². The van der Waals surface area contributed by atoms with Crippen molar-refractivity contribution in [2.24, 2.45) is 0 Å². The Kier molecular flexibility index (Phi) is 5.17. The van der Waals surface area contributed by atoms with Gasteiger partial charge in [0.15, 0.2) is 0 Å². The summed E-state index contributed by atoms with van der Waals surface area (Å²) in [5, 5.41) is 21.1. The van der Waals surface area contributed by atoms with E-state index in [1.807, 2.05) is 0 Å². The van der Waals surface area contributed by atoms with E-state index in [9.17, 15) is 9.90 Å². The smallest absolute Gasteiger partial charge is 0.412 e. The molecule has 1 atom stereocenters. The number of carbonyl (C=O) groups is 1. The highest BCUT2D eigenvalue weighted by molar-refractivity contribution is 6.33. The second kappa shape index (κ2) is 6.23. The highest BCUT2D eigenvalue weighted by Gasteiger charge is 2.17. The number of anilines is 1. The van der Waals surface area contributed by atoms with Crippen LogP contribution in [0, 0.1) is 0 Å². The van der Waals surface area contributed by atoms with Crippen LogP contribution in [0.15, 0.2) is 18.2 Å². The second-order valence-electron chi connectivity index (χ2n) is 5.06. The lowest BCUT2D eigenvalue weighted by Gasteiger charge is -2.20. The van der Waals surface area contributed by atoms with Gasteiger partial charge in [0, 0.05) is 0 Å². The van der Waals surface area contributed by atoms with Crippen molar-refractivity contribution in [3.05, 3.63) is 28.8 Å². The summed E-state index contributed by atoms with van der Waals surface area (Å²) >= 11 is 5.98. The summed E-state index contributed by atoms with van der Waals surface area (Å²) in [6.45, 7) is 4.88. The molecule has 0 aromatic heterocycles. The average Bonchev–Trinajstić information content (AvgIpc) is 2.28. The second-order valence-corrected chi connectivity index (χ2v) is 5.47. The fraction of sp³-hybridized carbons (Fsp3) is 0.462. The lowest BCUT2D eigenvalue weighted by Crippen LogP contribution is -2.27. The van der Waals surface area contributed by atoms with Gasteiger partial charge in [-0.3, -0.25) is 5.32 Å². The number of carbonyl (C=O) groups excluding carboxylic acids is 1. The van der Waals surface area contributed by atoms with Gasteiger partial charge in [0.25, 0.3) is 0 Å². The minimum atomic E-state index is -0.993. The number of halogens is 1. The average molecular weight is 288 g/mol. The third-order valence-corrected chi connectivity index (χ3v) is 2.50. The molecule has 0 radical (unpaired) electrons. The van der Waals surface area contributed by atoms with Crippen LogP contribution in [0.1, 0.15) is 32.4 Å². The first-order chi connectivity index (χ1) is 8.73. The SMILES string of the molecule is CC(C)(C)OC(=O)Nc1ccc(C(O)CO)cc1Cl. The molecule has 1 rings (SSSR count). The van der Waals surface area contributed by atoms with E-state index >= 15 is 0 Å². The van der Waals surface area contributed by atoms with Crippen LogP contribution in [0.25, 0.3) is 0 Å². The molecule has 6 heteroatoms. The van der Waals surface area contributed by atoms with Gasteiger partial charge >= 0.3 is 6.09 Å². The highest BCUT2D eigenvalue weighted by Crippen LogP contribution is 2.26. The summed E-state index contributed by atoms with van der Waals surface area (Å²) in [6.07, 6.45) is -1.60. The molecule has 1 unspecified atom stereocenters. The molecule has 0 aliphatic carbocycles. The van der Waals surface area contributed by atoms with Crippen molar-refractivity contribution in [2.45, 2.75) is 32.5 Å². The Bertz CT molecular complexity index is 456. The standard InChI is InChI=1S/C13H18ClNO4/c1-13(2,3)19-12(18)15-10-5-4-8(6-9(10)14)11(17)7-16/h4-6,11,16-17H,7H2,1-3H3,(H,15,18). The minimum Gasteiger partial charge on any atom is -0.444 e. The first-order valence-electron chi connectivity index (χ1n) is 5.81. The van der Waals surface area contributed by atoms with E-state index < -0.39 is 24.4 Å². The molecule has 1 amide bonds. The first-order valence-corrected chi connectivity index (χ1v) is 6.19. The lowest BCUT2D eigenvalue weighted by molar-refractivity contribution is 0.0636. The van der Waals surface area contributed by atoms with Gasteiger partial charge in [0.05, 0.1) is 17.3 Å². The third kappa shape index (κ3) is 5.06. The number of aliphatic hydroxyl groups excluding tert-OH is 2. The summed E-state index contributed by atoms with van der Waals surface area (Å²) in [5.74, 6) is 0. The molecule has 0 heterocycles. The fourth-order valence-corrected chi connectivity index (χ4v) is 1.60. The lowest BCUT2D eigenvalue weighted by atomic mass is 10.1. The molecule has 0 aliphatic rings. The van der Waals surface area contributed by atoms with Gasteiger partial charge in [-0.05, 0) is 38.5 Å². The number of benzene rings is 1. The molecule has 1 aromatic rings. The van der Waals surface area contributed by atoms with Crippen LogP contribution < -0.4 is 5.32 Å². The van der Waals surface area contributed by atoms with E-state index in [1.165, 1.54) is 6.07 Å². The molecule has 0 bridgehead atoms. The van der Waals surface area contributed by atoms with Gasteiger partial charge in [-0.25, -0.2) is 4.79 Å². The zero-order valence-electron chi connectivity index (χ0n) is 11.1. The minimum absolute atomic E-state index is 0.260. The van der Waals surface area contributed by atoms with Crippen molar-refractivity contribution < 1.29 is 19.7 Å². The number of amides is 1. The van der Waals surface area contributed by atoms with Crippen molar-refractivity contribution >= 4 is 23.4 Å². The molecule has 19 heavy (non-hydrogen) atoms. The number of hydrogen-bond donors (Lipinski definition) is 3. The Morgan fingerprint density at radius 1 is 1.47 bits per heavy atom. The Morgan fingerprint density at radius 2 is 2.11 bits per heavy atom. The highest BCUT2D eigenvalue weighted by atomic mass is 35.5. The van der Waals surface area contributed by atoms with E-state index in [0.717, 1.165) is 0 Å². The molecule has 0 fully saturated rings. The van der Waals surface area contributed by atoms with E-state index in [2.05, 4.69) is 5.32 Å². The predicted octanol–water partition coefficient (Wildman–Crippen LogP) is 2.71. The van der Waals surface area contributed by atoms with Gasteiger partial charge in [-0.2, -0.15) is 0 Å². The number of ether oxygens (including phenoxy) is 1. The van der Waals surface area contributed by atoms with Crippen molar-refractivity contribution in [3.8, 4) is 0 Å². The largest absolute Gasteiger partial charge is 0.444 e. The van der Waals surface area contributed by atoms with Crippen LogP contribution in [0.2, 0.25) is 5.02 Å². The maximum atomic E-state index is 11.6. The Hall–Kier alpha value is -1.30.